The van der Waals surface area contributed by atoms with Gasteiger partial charge in [-0.2, -0.15) is 0 Å². The molecule has 0 spiro atoms. The molecule has 30 heavy (non-hydrogen) atoms. The van der Waals surface area contributed by atoms with Crippen molar-refractivity contribution in [3.8, 4) is 5.75 Å². The number of nitrogens with zero attached hydrogens (tertiary/aromatic N) is 1. The monoisotopic (exact) mass is 410 g/mol. The van der Waals surface area contributed by atoms with Crippen molar-refractivity contribution in [1.29, 1.82) is 0 Å². The van der Waals surface area contributed by atoms with Gasteiger partial charge in [0.25, 0.3) is 5.91 Å². The van der Waals surface area contributed by atoms with Gasteiger partial charge in [-0.25, -0.2) is 4.79 Å². The number of phenolic OH excluding ortho intramolecular Hbond substituents is 1. The van der Waals surface area contributed by atoms with E-state index in [2.05, 4.69) is 10.1 Å². The quantitative estimate of drug-likeness (QED) is 0.596. The molecule has 1 saturated heterocycles. The van der Waals surface area contributed by atoms with Gasteiger partial charge in [0.2, 0.25) is 5.91 Å². The van der Waals surface area contributed by atoms with E-state index in [9.17, 15) is 19.5 Å². The Morgan fingerprint density at radius 2 is 1.77 bits per heavy atom. The van der Waals surface area contributed by atoms with Gasteiger partial charge in [0, 0.05) is 18.7 Å². The lowest BCUT2D eigenvalue weighted by atomic mass is 9.96. The van der Waals surface area contributed by atoms with E-state index in [1.807, 2.05) is 32.0 Å². The molecule has 0 radical (unpaired) electrons. The first-order valence-electron chi connectivity index (χ1n) is 9.88. The number of rotatable bonds is 4. The van der Waals surface area contributed by atoms with Crippen LogP contribution in [0.25, 0.3) is 0 Å². The molecule has 1 heterocycles. The van der Waals surface area contributed by atoms with Crippen LogP contribution in [0.15, 0.2) is 36.4 Å². The standard InChI is InChI=1S/C23H26N2O5/c1-14-9-15(2)11-18(10-14)22(28)25-8-4-5-17(13-25)21(27)24-19-12-16(23(29)30-3)6-7-20(19)26/h6-7,9-12,17,26H,4-5,8,13H2,1-3H3,(H,24,27)/t17-/m1/s1. The molecule has 1 aliphatic heterocycles. The number of aryl methyl sites for hydroxylation is 2. The summed E-state index contributed by atoms with van der Waals surface area (Å²) in [6.07, 6.45) is 1.35. The smallest absolute Gasteiger partial charge is 0.337 e. The van der Waals surface area contributed by atoms with E-state index in [1.54, 1.807) is 4.90 Å². The van der Waals surface area contributed by atoms with Crippen molar-refractivity contribution >= 4 is 23.5 Å². The number of amides is 2. The third-order valence-corrected chi connectivity index (χ3v) is 5.22. The van der Waals surface area contributed by atoms with Gasteiger partial charge >= 0.3 is 5.97 Å². The third-order valence-electron chi connectivity index (χ3n) is 5.22. The molecule has 0 unspecified atom stereocenters. The molecule has 2 N–H and O–H groups in total. The molecule has 0 bridgehead atoms. The van der Waals surface area contributed by atoms with E-state index in [4.69, 9.17) is 0 Å². The summed E-state index contributed by atoms with van der Waals surface area (Å²) in [6.45, 7) is 4.80. The minimum absolute atomic E-state index is 0.0881. The van der Waals surface area contributed by atoms with Crippen LogP contribution in [0.3, 0.4) is 0 Å². The Labute approximate surface area is 175 Å². The van der Waals surface area contributed by atoms with Crippen molar-refractivity contribution < 1.29 is 24.2 Å². The van der Waals surface area contributed by atoms with E-state index < -0.39 is 11.9 Å². The lowest BCUT2D eigenvalue weighted by molar-refractivity contribution is -0.121. The van der Waals surface area contributed by atoms with E-state index in [1.165, 1.54) is 25.3 Å². The van der Waals surface area contributed by atoms with Crippen molar-refractivity contribution in [1.82, 2.24) is 4.90 Å². The molecule has 2 aromatic carbocycles. The van der Waals surface area contributed by atoms with E-state index in [0.29, 0.717) is 31.5 Å². The molecule has 0 saturated carbocycles. The summed E-state index contributed by atoms with van der Waals surface area (Å²) in [4.78, 5) is 39.2. The van der Waals surface area contributed by atoms with Crippen LogP contribution in [0.2, 0.25) is 0 Å². The summed E-state index contributed by atoms with van der Waals surface area (Å²) in [5, 5.41) is 12.7. The van der Waals surface area contributed by atoms with Crippen molar-refractivity contribution in [3.63, 3.8) is 0 Å². The molecule has 3 rings (SSSR count). The largest absolute Gasteiger partial charge is 0.506 e. The van der Waals surface area contributed by atoms with Crippen molar-refractivity contribution in [3.05, 3.63) is 58.7 Å². The van der Waals surface area contributed by atoms with Gasteiger partial charge < -0.3 is 20.1 Å². The van der Waals surface area contributed by atoms with Crippen LogP contribution < -0.4 is 5.32 Å². The first-order valence-corrected chi connectivity index (χ1v) is 9.88. The minimum atomic E-state index is -0.562. The molecule has 2 amide bonds. The number of ether oxygens (including phenoxy) is 1. The molecular formula is C23H26N2O5. The predicted molar refractivity (Wildman–Crippen MR) is 113 cm³/mol. The summed E-state index contributed by atoms with van der Waals surface area (Å²) >= 11 is 0. The number of anilines is 1. The Bertz CT molecular complexity index is 965. The van der Waals surface area contributed by atoms with Crippen LogP contribution in [0.1, 0.15) is 44.7 Å². The number of likely N-dealkylation sites (tertiary alicyclic amines) is 1. The van der Waals surface area contributed by atoms with Crippen LogP contribution in [0.4, 0.5) is 5.69 Å². The van der Waals surface area contributed by atoms with Crippen molar-refractivity contribution in [2.75, 3.05) is 25.5 Å². The predicted octanol–water partition coefficient (Wildman–Crippen LogP) is 3.29. The second kappa shape index (κ2) is 8.98. The molecule has 7 heteroatoms. The molecule has 1 aliphatic rings. The van der Waals surface area contributed by atoms with Gasteiger partial charge in [0.05, 0.1) is 24.3 Å². The number of methoxy groups -OCH3 is 1. The minimum Gasteiger partial charge on any atom is -0.506 e. The van der Waals surface area contributed by atoms with Crippen molar-refractivity contribution in [2.24, 2.45) is 5.92 Å². The number of hydrogen-bond acceptors (Lipinski definition) is 5. The normalized spacial score (nSPS) is 16.1. The topological polar surface area (TPSA) is 95.9 Å². The number of aromatic hydroxyl groups is 1. The Balaban J connectivity index is 1.71. The Hall–Kier alpha value is -3.35. The first kappa shape index (κ1) is 21.4. The lowest BCUT2D eigenvalue weighted by Gasteiger charge is -2.32. The average Bonchev–Trinajstić information content (AvgIpc) is 2.73. The van der Waals surface area contributed by atoms with Crippen LogP contribution in [-0.4, -0.2) is 48.0 Å². The molecule has 1 atom stereocenters. The van der Waals surface area contributed by atoms with Crippen LogP contribution >= 0.6 is 0 Å². The van der Waals surface area contributed by atoms with Gasteiger partial charge in [-0.1, -0.05) is 17.2 Å². The highest BCUT2D eigenvalue weighted by Gasteiger charge is 2.29. The van der Waals surface area contributed by atoms with E-state index >= 15 is 0 Å². The van der Waals surface area contributed by atoms with E-state index in [-0.39, 0.29) is 28.8 Å². The maximum absolute atomic E-state index is 12.9. The summed E-state index contributed by atoms with van der Waals surface area (Å²) < 4.78 is 4.67. The average molecular weight is 410 g/mol. The number of benzene rings is 2. The number of piperidine rings is 1. The Morgan fingerprint density at radius 3 is 2.43 bits per heavy atom. The number of hydrogen-bond donors (Lipinski definition) is 2. The maximum Gasteiger partial charge on any atom is 0.337 e. The van der Waals surface area contributed by atoms with Crippen LogP contribution in [0.5, 0.6) is 5.75 Å². The lowest BCUT2D eigenvalue weighted by Crippen LogP contribution is -2.43. The Kier molecular flexibility index (Phi) is 6.40. The number of phenols is 1. The molecule has 0 aromatic heterocycles. The first-order chi connectivity index (χ1) is 14.3. The highest BCUT2D eigenvalue weighted by molar-refractivity contribution is 5.98. The molecule has 2 aromatic rings. The fourth-order valence-corrected chi connectivity index (χ4v) is 3.77. The summed E-state index contributed by atoms with van der Waals surface area (Å²) in [6, 6.07) is 9.85. The fraction of sp³-hybridized carbons (Fsp3) is 0.348. The summed E-state index contributed by atoms with van der Waals surface area (Å²) in [5.74, 6) is -1.50. The van der Waals surface area contributed by atoms with Gasteiger partial charge in [0.1, 0.15) is 5.75 Å². The second-order valence-corrected chi connectivity index (χ2v) is 7.68. The zero-order chi connectivity index (χ0) is 21.8. The molecule has 0 aliphatic carbocycles. The van der Waals surface area contributed by atoms with Crippen LogP contribution in [-0.2, 0) is 9.53 Å². The van der Waals surface area contributed by atoms with Crippen molar-refractivity contribution in [2.45, 2.75) is 26.7 Å². The highest BCUT2D eigenvalue weighted by Crippen LogP contribution is 2.27. The van der Waals surface area contributed by atoms with E-state index in [0.717, 1.165) is 11.1 Å². The van der Waals surface area contributed by atoms with Gasteiger partial charge in [-0.05, 0) is 57.0 Å². The number of carbonyl (C=O) groups excluding carboxylic acids is 3. The number of carbonyl (C=O) groups is 3. The summed E-state index contributed by atoms with van der Waals surface area (Å²) in [5.41, 5.74) is 3.02. The highest BCUT2D eigenvalue weighted by atomic mass is 16.5. The fourth-order valence-electron chi connectivity index (χ4n) is 3.77. The SMILES string of the molecule is COC(=O)c1ccc(O)c(NC(=O)[C@@H]2CCCN(C(=O)c3cc(C)cc(C)c3)C2)c1. The molecule has 7 nitrogen and oxygen atoms in total. The second-order valence-electron chi connectivity index (χ2n) is 7.68. The zero-order valence-corrected chi connectivity index (χ0v) is 17.4. The molecule has 158 valence electrons. The third kappa shape index (κ3) is 4.79. The van der Waals surface area contributed by atoms with Gasteiger partial charge in [-0.15, -0.1) is 0 Å². The Morgan fingerprint density at radius 1 is 1.07 bits per heavy atom. The van der Waals surface area contributed by atoms with Gasteiger partial charge in [-0.3, -0.25) is 9.59 Å². The zero-order valence-electron chi connectivity index (χ0n) is 17.4. The van der Waals surface area contributed by atoms with Crippen LogP contribution in [0, 0.1) is 19.8 Å². The maximum atomic E-state index is 12.9. The number of esters is 1. The summed E-state index contributed by atoms with van der Waals surface area (Å²) in [7, 11) is 1.26. The molecular weight excluding hydrogens is 384 g/mol. The van der Waals surface area contributed by atoms with Gasteiger partial charge in [0.15, 0.2) is 0 Å². The number of nitrogens with one attached hydrogen (secondary N) is 1. The molecule has 1 fully saturated rings.